The summed E-state index contributed by atoms with van der Waals surface area (Å²) in [5.74, 6) is -2.55. The van der Waals surface area contributed by atoms with Crippen molar-refractivity contribution in [1.29, 1.82) is 0 Å². The van der Waals surface area contributed by atoms with E-state index in [1.807, 2.05) is 0 Å². The Balaban J connectivity index is 1.85. The van der Waals surface area contributed by atoms with Crippen molar-refractivity contribution in [2.45, 2.75) is 49.0 Å². The number of esters is 1. The van der Waals surface area contributed by atoms with Crippen molar-refractivity contribution in [2.24, 2.45) is 0 Å². The molecule has 3 rings (SSSR count). The van der Waals surface area contributed by atoms with Gasteiger partial charge in [0.15, 0.2) is 6.04 Å². The second-order valence-corrected chi connectivity index (χ2v) is 10.3. The van der Waals surface area contributed by atoms with E-state index in [-0.39, 0.29) is 13.2 Å². The van der Waals surface area contributed by atoms with Gasteiger partial charge in [-0.05, 0) is 26.3 Å². The normalized spacial score (nSPS) is 22.6. The third-order valence-electron chi connectivity index (χ3n) is 5.61. The molecular formula is C22H29N5O7S. The number of benzene rings is 1. The SMILES string of the molecule is CCOC(=O)C(NC(=O)[C@H](NC(=O)N1CCNC1=O)c1ccccc1)[C@@H]1NC(C(=O)O)C(C)(C)S1. The van der Waals surface area contributed by atoms with E-state index in [1.165, 1.54) is 11.8 Å². The minimum Gasteiger partial charge on any atom is -0.480 e. The van der Waals surface area contributed by atoms with E-state index in [2.05, 4.69) is 21.3 Å². The predicted octanol–water partition coefficient (Wildman–Crippen LogP) is 0.405. The molecule has 0 aromatic heterocycles. The minimum atomic E-state index is -1.24. The molecule has 2 heterocycles. The van der Waals surface area contributed by atoms with Crippen LogP contribution in [0.5, 0.6) is 0 Å². The molecule has 2 fully saturated rings. The summed E-state index contributed by atoms with van der Waals surface area (Å²) < 4.78 is 4.36. The molecule has 2 aliphatic rings. The number of ether oxygens (including phenoxy) is 1. The standard InChI is InChI=1S/C22H29N5O7S/c1-4-34-19(31)14(17-26-15(18(29)30)22(2,3)35-17)24-16(28)13(12-8-6-5-7-9-12)25-21(33)27-11-10-23-20(27)32/h5-9,13-15,17,26H,4,10-11H2,1-3H3,(H,23,32)(H,24,28)(H,25,33)(H,29,30)/t13-,14?,15?,17-/m1/s1. The van der Waals surface area contributed by atoms with Crippen LogP contribution in [0.1, 0.15) is 32.4 Å². The van der Waals surface area contributed by atoms with Gasteiger partial charge in [-0.2, -0.15) is 0 Å². The van der Waals surface area contributed by atoms with Crippen molar-refractivity contribution >= 4 is 41.7 Å². The van der Waals surface area contributed by atoms with E-state index in [0.29, 0.717) is 12.1 Å². The number of nitrogens with one attached hydrogen (secondary N) is 4. The maximum absolute atomic E-state index is 13.4. The summed E-state index contributed by atoms with van der Waals surface area (Å²) in [6, 6.07) is 3.57. The lowest BCUT2D eigenvalue weighted by molar-refractivity contribution is -0.148. The fourth-order valence-corrected chi connectivity index (χ4v) is 5.35. The third-order valence-corrected chi connectivity index (χ3v) is 7.12. The zero-order chi connectivity index (χ0) is 25.8. The van der Waals surface area contributed by atoms with E-state index in [9.17, 15) is 29.1 Å². The molecule has 0 aliphatic carbocycles. The topological polar surface area (TPSA) is 166 Å². The Morgan fingerprint density at radius 3 is 2.46 bits per heavy atom. The molecule has 2 unspecified atom stereocenters. The summed E-state index contributed by atoms with van der Waals surface area (Å²) in [5, 5.41) is 19.4. The second kappa shape index (κ2) is 11.0. The summed E-state index contributed by atoms with van der Waals surface area (Å²) in [6.45, 7) is 5.56. The molecule has 13 heteroatoms. The first kappa shape index (κ1) is 26.3. The van der Waals surface area contributed by atoms with Crippen molar-refractivity contribution in [1.82, 2.24) is 26.2 Å². The Hall–Kier alpha value is -3.32. The Bertz CT molecular complexity index is 990. The average Bonchev–Trinajstić information content (AvgIpc) is 3.38. The van der Waals surface area contributed by atoms with Crippen molar-refractivity contribution in [2.75, 3.05) is 19.7 Å². The highest BCUT2D eigenvalue weighted by atomic mass is 32.2. The number of imide groups is 1. The van der Waals surface area contributed by atoms with Crippen LogP contribution in [0, 0.1) is 0 Å². The van der Waals surface area contributed by atoms with Gasteiger partial charge in [0.1, 0.15) is 12.1 Å². The van der Waals surface area contributed by atoms with E-state index < -0.39 is 58.2 Å². The zero-order valence-corrected chi connectivity index (χ0v) is 20.4. The van der Waals surface area contributed by atoms with Crippen molar-refractivity contribution in [3.05, 3.63) is 35.9 Å². The van der Waals surface area contributed by atoms with Crippen LogP contribution in [0.25, 0.3) is 0 Å². The number of thioether (sulfide) groups is 1. The lowest BCUT2D eigenvalue weighted by Gasteiger charge is -2.27. The fraction of sp³-hybridized carbons (Fsp3) is 0.500. The molecule has 2 aliphatic heterocycles. The van der Waals surface area contributed by atoms with Crippen LogP contribution in [0.15, 0.2) is 30.3 Å². The largest absolute Gasteiger partial charge is 0.480 e. The van der Waals surface area contributed by atoms with Gasteiger partial charge in [0.2, 0.25) is 5.91 Å². The Morgan fingerprint density at radius 2 is 1.91 bits per heavy atom. The van der Waals surface area contributed by atoms with E-state index in [1.54, 1.807) is 51.1 Å². The van der Waals surface area contributed by atoms with Crippen molar-refractivity contribution in [3.8, 4) is 0 Å². The van der Waals surface area contributed by atoms with Crippen LogP contribution in [-0.4, -0.2) is 81.8 Å². The lowest BCUT2D eigenvalue weighted by Crippen LogP contribution is -2.56. The number of aliphatic carboxylic acids is 1. The number of carbonyl (C=O) groups excluding carboxylic acids is 4. The minimum absolute atomic E-state index is 0.0528. The first-order chi connectivity index (χ1) is 16.5. The second-order valence-electron chi connectivity index (χ2n) is 8.49. The third kappa shape index (κ3) is 6.03. The van der Waals surface area contributed by atoms with Crippen LogP contribution in [0.2, 0.25) is 0 Å². The number of hydrogen-bond donors (Lipinski definition) is 5. The summed E-state index contributed by atoms with van der Waals surface area (Å²) in [4.78, 5) is 63.5. The highest BCUT2D eigenvalue weighted by molar-refractivity contribution is 8.01. The maximum atomic E-state index is 13.4. The first-order valence-corrected chi connectivity index (χ1v) is 12.0. The molecule has 5 N–H and O–H groups in total. The number of amides is 5. The molecule has 12 nitrogen and oxygen atoms in total. The highest BCUT2D eigenvalue weighted by Gasteiger charge is 2.50. The number of carboxylic acids is 1. The van der Waals surface area contributed by atoms with Crippen molar-refractivity contribution in [3.63, 3.8) is 0 Å². The molecular weight excluding hydrogens is 478 g/mol. The van der Waals surface area contributed by atoms with Gasteiger partial charge in [-0.15, -0.1) is 11.8 Å². The van der Waals surface area contributed by atoms with Gasteiger partial charge >= 0.3 is 24.0 Å². The van der Waals surface area contributed by atoms with Gasteiger partial charge in [-0.25, -0.2) is 19.3 Å². The predicted molar refractivity (Wildman–Crippen MR) is 126 cm³/mol. The van der Waals surface area contributed by atoms with Gasteiger partial charge in [-0.1, -0.05) is 30.3 Å². The van der Waals surface area contributed by atoms with Crippen LogP contribution in [-0.2, 0) is 19.1 Å². The zero-order valence-electron chi connectivity index (χ0n) is 19.6. The maximum Gasteiger partial charge on any atom is 0.331 e. The van der Waals surface area contributed by atoms with Crippen LogP contribution >= 0.6 is 11.8 Å². The Morgan fingerprint density at radius 1 is 1.23 bits per heavy atom. The molecule has 0 bridgehead atoms. The number of nitrogens with zero attached hydrogens (tertiary/aromatic N) is 1. The molecule has 35 heavy (non-hydrogen) atoms. The number of urea groups is 2. The first-order valence-electron chi connectivity index (χ1n) is 11.1. The van der Waals surface area contributed by atoms with Gasteiger partial charge in [0.25, 0.3) is 0 Å². The molecule has 1 aromatic rings. The smallest absolute Gasteiger partial charge is 0.331 e. The average molecular weight is 508 g/mol. The van der Waals surface area contributed by atoms with Gasteiger partial charge in [0, 0.05) is 17.8 Å². The number of carboxylic acid groups (broad SMARTS) is 1. The lowest BCUT2D eigenvalue weighted by atomic mass is 10.0. The van der Waals surface area contributed by atoms with Crippen LogP contribution in [0.3, 0.4) is 0 Å². The molecule has 190 valence electrons. The summed E-state index contributed by atoms with van der Waals surface area (Å²) in [7, 11) is 0. The van der Waals surface area contributed by atoms with Crippen LogP contribution < -0.4 is 21.3 Å². The number of hydrogen-bond acceptors (Lipinski definition) is 8. The number of carbonyl (C=O) groups is 5. The molecule has 5 amide bonds. The van der Waals surface area contributed by atoms with Gasteiger partial charge < -0.3 is 25.8 Å². The molecule has 0 saturated carbocycles. The summed E-state index contributed by atoms with van der Waals surface area (Å²) in [5.41, 5.74) is 0.427. The molecule has 4 atom stereocenters. The monoisotopic (exact) mass is 507 g/mol. The molecule has 2 saturated heterocycles. The van der Waals surface area contributed by atoms with E-state index in [4.69, 9.17) is 4.74 Å². The number of rotatable bonds is 8. The molecule has 1 aromatic carbocycles. The fourth-order valence-electron chi connectivity index (χ4n) is 3.87. The quantitative estimate of drug-likeness (QED) is 0.313. The Labute approximate surface area is 206 Å². The van der Waals surface area contributed by atoms with E-state index >= 15 is 0 Å². The van der Waals surface area contributed by atoms with Gasteiger partial charge in [-0.3, -0.25) is 14.9 Å². The van der Waals surface area contributed by atoms with E-state index in [0.717, 1.165) is 4.90 Å². The van der Waals surface area contributed by atoms with Crippen LogP contribution in [0.4, 0.5) is 9.59 Å². The Kier molecular flexibility index (Phi) is 8.22. The molecule has 0 spiro atoms. The van der Waals surface area contributed by atoms with Gasteiger partial charge in [0.05, 0.1) is 12.0 Å². The van der Waals surface area contributed by atoms with Crippen molar-refractivity contribution < 1.29 is 33.8 Å². The molecule has 0 radical (unpaired) electrons. The summed E-state index contributed by atoms with van der Waals surface area (Å²) in [6.07, 6.45) is 0. The highest BCUT2D eigenvalue weighted by Crippen LogP contribution is 2.39. The summed E-state index contributed by atoms with van der Waals surface area (Å²) >= 11 is 1.19.